The van der Waals surface area contributed by atoms with Crippen molar-refractivity contribution in [2.45, 2.75) is 9.79 Å². The van der Waals surface area contributed by atoms with E-state index in [9.17, 15) is 14.4 Å². The average molecular weight is 391 g/mol. The third kappa shape index (κ3) is 5.31. The number of ether oxygens (including phenoxy) is 1. The van der Waals surface area contributed by atoms with Crippen LogP contribution in [0, 0.1) is 0 Å². The highest BCUT2D eigenvalue weighted by Crippen LogP contribution is 2.33. The molecule has 0 saturated heterocycles. The van der Waals surface area contributed by atoms with Gasteiger partial charge in [-0.3, -0.25) is 9.59 Å². The Morgan fingerprint density at radius 3 is 2.29 bits per heavy atom. The zero-order valence-corrected chi connectivity index (χ0v) is 15.6. The number of carbonyl (C=O) groups is 3. The maximum Gasteiger partial charge on any atom is 0.338 e. The summed E-state index contributed by atoms with van der Waals surface area (Å²) in [5.74, 6) is -1.06. The molecule has 0 saturated carbocycles. The third-order valence-electron chi connectivity index (χ3n) is 3.75. The molecule has 3 aromatic rings. The maximum absolute atomic E-state index is 12.2. The molecule has 0 aliphatic heterocycles. The summed E-state index contributed by atoms with van der Waals surface area (Å²) in [6.45, 7) is -0.404. The van der Waals surface area contributed by atoms with Crippen LogP contribution in [0.25, 0.3) is 0 Å². The minimum atomic E-state index is -0.625. The molecule has 1 N–H and O–H groups in total. The van der Waals surface area contributed by atoms with Gasteiger partial charge in [-0.2, -0.15) is 0 Å². The fourth-order valence-corrected chi connectivity index (χ4v) is 3.30. The summed E-state index contributed by atoms with van der Waals surface area (Å²) in [5, 5.41) is 2.77. The van der Waals surface area contributed by atoms with Crippen molar-refractivity contribution in [1.82, 2.24) is 0 Å². The van der Waals surface area contributed by atoms with Crippen LogP contribution in [0.5, 0.6) is 0 Å². The molecule has 1 amide bonds. The fourth-order valence-electron chi connectivity index (χ4n) is 2.37. The minimum absolute atomic E-state index is 0.276. The summed E-state index contributed by atoms with van der Waals surface area (Å²) in [5.41, 5.74) is 1.38. The molecule has 0 bridgehead atoms. The average Bonchev–Trinajstić information content (AvgIpc) is 2.74. The van der Waals surface area contributed by atoms with E-state index in [0.717, 1.165) is 9.79 Å². The lowest BCUT2D eigenvalue weighted by molar-refractivity contribution is -0.119. The van der Waals surface area contributed by atoms with Crippen LogP contribution in [-0.2, 0) is 9.53 Å². The van der Waals surface area contributed by atoms with E-state index in [4.69, 9.17) is 4.74 Å². The number of aldehydes is 1. The number of hydrogen-bond donors (Lipinski definition) is 1. The molecule has 3 aromatic carbocycles. The summed E-state index contributed by atoms with van der Waals surface area (Å²) in [4.78, 5) is 36.8. The second kappa shape index (κ2) is 9.53. The number of amides is 1. The fraction of sp³-hybridized carbons (Fsp3) is 0.0455. The van der Waals surface area contributed by atoms with Gasteiger partial charge in [0.05, 0.1) is 11.3 Å². The van der Waals surface area contributed by atoms with Gasteiger partial charge in [0.1, 0.15) is 6.29 Å². The monoisotopic (exact) mass is 391 g/mol. The molecule has 5 nitrogen and oxygen atoms in total. The highest BCUT2D eigenvalue weighted by Gasteiger charge is 2.12. The Kier molecular flexibility index (Phi) is 6.59. The molecular weight excluding hydrogens is 374 g/mol. The zero-order valence-electron chi connectivity index (χ0n) is 14.8. The first-order valence-electron chi connectivity index (χ1n) is 8.50. The number of carbonyl (C=O) groups excluding carboxylic acids is 3. The van der Waals surface area contributed by atoms with Crippen molar-refractivity contribution in [3.63, 3.8) is 0 Å². The van der Waals surface area contributed by atoms with Gasteiger partial charge in [-0.05, 0) is 36.4 Å². The van der Waals surface area contributed by atoms with Gasteiger partial charge in [0, 0.05) is 15.4 Å². The van der Waals surface area contributed by atoms with Crippen molar-refractivity contribution in [1.29, 1.82) is 0 Å². The van der Waals surface area contributed by atoms with E-state index in [2.05, 4.69) is 5.32 Å². The first kappa shape index (κ1) is 19.4. The largest absolute Gasteiger partial charge is 0.452 e. The highest BCUT2D eigenvalue weighted by molar-refractivity contribution is 7.99. The molecule has 0 atom stereocenters. The van der Waals surface area contributed by atoms with Gasteiger partial charge in [-0.25, -0.2) is 4.79 Å². The molecule has 0 aromatic heterocycles. The van der Waals surface area contributed by atoms with Gasteiger partial charge in [-0.15, -0.1) is 0 Å². The molecule has 0 aliphatic carbocycles. The number of hydrogen-bond acceptors (Lipinski definition) is 5. The van der Waals surface area contributed by atoms with Crippen molar-refractivity contribution in [3.8, 4) is 0 Å². The maximum atomic E-state index is 12.2. The molecule has 0 heterocycles. The van der Waals surface area contributed by atoms with Crippen LogP contribution in [0.4, 0.5) is 5.69 Å². The summed E-state index contributed by atoms with van der Waals surface area (Å²) < 4.78 is 5.05. The lowest BCUT2D eigenvalue weighted by atomic mass is 10.1. The zero-order chi connectivity index (χ0) is 19.8. The van der Waals surface area contributed by atoms with E-state index in [-0.39, 0.29) is 5.56 Å². The predicted molar refractivity (Wildman–Crippen MR) is 108 cm³/mol. The van der Waals surface area contributed by atoms with E-state index in [1.807, 2.05) is 48.5 Å². The Bertz CT molecular complexity index is 971. The number of benzene rings is 3. The van der Waals surface area contributed by atoms with Gasteiger partial charge >= 0.3 is 5.97 Å². The molecule has 0 spiro atoms. The van der Waals surface area contributed by atoms with Crippen LogP contribution >= 0.6 is 11.8 Å². The predicted octanol–water partition coefficient (Wildman–Crippen LogP) is 4.45. The molecule has 6 heteroatoms. The van der Waals surface area contributed by atoms with E-state index in [1.165, 1.54) is 36.0 Å². The molecule has 28 heavy (non-hydrogen) atoms. The number of para-hydroxylation sites is 1. The first-order chi connectivity index (χ1) is 13.7. The Morgan fingerprint density at radius 2 is 1.57 bits per heavy atom. The summed E-state index contributed by atoms with van der Waals surface area (Å²) in [7, 11) is 0. The molecule has 0 unspecified atom stereocenters. The molecule has 140 valence electrons. The topological polar surface area (TPSA) is 72.5 Å². The van der Waals surface area contributed by atoms with Crippen molar-refractivity contribution in [3.05, 3.63) is 90.0 Å². The molecule has 3 rings (SSSR count). The normalized spacial score (nSPS) is 10.1. The minimum Gasteiger partial charge on any atom is -0.452 e. The van der Waals surface area contributed by atoms with E-state index < -0.39 is 18.5 Å². The van der Waals surface area contributed by atoms with Gasteiger partial charge in [-0.1, -0.05) is 54.2 Å². The van der Waals surface area contributed by atoms with Gasteiger partial charge in [0.2, 0.25) is 0 Å². The van der Waals surface area contributed by atoms with Gasteiger partial charge in [0.25, 0.3) is 5.91 Å². The van der Waals surface area contributed by atoms with Crippen LogP contribution in [0.15, 0.2) is 88.7 Å². The standard InChI is InChI=1S/C22H17NO4S/c24-14-16-10-12-17(13-11-16)22(26)27-15-21(25)23-19-8-4-5-9-20(19)28-18-6-2-1-3-7-18/h1-14H,15H2,(H,23,25). The van der Waals surface area contributed by atoms with Gasteiger partial charge in [0.15, 0.2) is 6.61 Å². The number of rotatable bonds is 7. The van der Waals surface area contributed by atoms with Crippen molar-refractivity contribution < 1.29 is 19.1 Å². The summed E-state index contributed by atoms with van der Waals surface area (Å²) in [6.07, 6.45) is 0.688. The van der Waals surface area contributed by atoms with Crippen LogP contribution < -0.4 is 5.32 Å². The SMILES string of the molecule is O=Cc1ccc(C(=O)OCC(=O)Nc2ccccc2Sc2ccccc2)cc1. The molecule has 0 aliphatic rings. The third-order valence-corrected chi connectivity index (χ3v) is 4.83. The Labute approximate surface area is 166 Å². The second-order valence-electron chi connectivity index (χ2n) is 5.78. The first-order valence-corrected chi connectivity index (χ1v) is 9.31. The molecule has 0 fully saturated rings. The Morgan fingerprint density at radius 1 is 0.893 bits per heavy atom. The number of esters is 1. The number of anilines is 1. The lowest BCUT2D eigenvalue weighted by Crippen LogP contribution is -2.21. The van der Waals surface area contributed by atoms with Gasteiger partial charge < -0.3 is 10.1 Å². The van der Waals surface area contributed by atoms with E-state index in [0.29, 0.717) is 17.5 Å². The Balaban J connectivity index is 1.58. The van der Waals surface area contributed by atoms with Crippen LogP contribution in [0.3, 0.4) is 0 Å². The smallest absolute Gasteiger partial charge is 0.338 e. The van der Waals surface area contributed by atoms with E-state index in [1.54, 1.807) is 6.07 Å². The number of nitrogens with one attached hydrogen (secondary N) is 1. The van der Waals surface area contributed by atoms with Crippen LogP contribution in [0.2, 0.25) is 0 Å². The van der Waals surface area contributed by atoms with Crippen LogP contribution in [0.1, 0.15) is 20.7 Å². The van der Waals surface area contributed by atoms with Crippen molar-refractivity contribution in [2.75, 3.05) is 11.9 Å². The summed E-state index contributed by atoms with van der Waals surface area (Å²) >= 11 is 1.53. The molecule has 0 radical (unpaired) electrons. The van der Waals surface area contributed by atoms with Crippen molar-refractivity contribution in [2.24, 2.45) is 0 Å². The Hall–Kier alpha value is -3.38. The van der Waals surface area contributed by atoms with E-state index >= 15 is 0 Å². The second-order valence-corrected chi connectivity index (χ2v) is 6.89. The van der Waals surface area contributed by atoms with Crippen LogP contribution in [-0.4, -0.2) is 24.8 Å². The highest BCUT2D eigenvalue weighted by atomic mass is 32.2. The summed E-state index contributed by atoms with van der Waals surface area (Å²) in [6, 6.07) is 23.2. The lowest BCUT2D eigenvalue weighted by Gasteiger charge is -2.11. The van der Waals surface area contributed by atoms with Crippen molar-refractivity contribution >= 4 is 35.6 Å². The molecular formula is C22H17NO4S. The quantitative estimate of drug-likeness (QED) is 0.476.